The van der Waals surface area contributed by atoms with Gasteiger partial charge in [-0.05, 0) is 30.2 Å². The second kappa shape index (κ2) is 9.02. The van der Waals surface area contributed by atoms with Crippen LogP contribution in [-0.2, 0) is 24.7 Å². The number of carbonyl (C=O) groups excluding carboxylic acids is 2. The molecule has 0 unspecified atom stereocenters. The van der Waals surface area contributed by atoms with E-state index in [2.05, 4.69) is 15.7 Å². The highest BCUT2D eigenvalue weighted by molar-refractivity contribution is 6.30. The summed E-state index contributed by atoms with van der Waals surface area (Å²) >= 11 is 5.99. The van der Waals surface area contributed by atoms with Crippen LogP contribution in [-0.4, -0.2) is 34.2 Å². The van der Waals surface area contributed by atoms with Crippen LogP contribution in [0.1, 0.15) is 28.7 Å². The first kappa shape index (κ1) is 19.5. The lowest BCUT2D eigenvalue weighted by Crippen LogP contribution is -2.48. The Kier molecular flexibility index (Phi) is 6.75. The van der Waals surface area contributed by atoms with Crippen molar-refractivity contribution in [2.24, 2.45) is 7.05 Å². The molecule has 0 aliphatic heterocycles. The largest absolute Gasteiger partial charge is 0.341 e. The zero-order valence-corrected chi connectivity index (χ0v) is 15.4. The molecule has 1 aromatic carbocycles. The summed E-state index contributed by atoms with van der Waals surface area (Å²) in [7, 11) is 1.68. The number of hydrogen-bond acceptors (Lipinski definition) is 4. The Hall–Kier alpha value is -2.85. The van der Waals surface area contributed by atoms with Gasteiger partial charge in [-0.3, -0.25) is 14.3 Å². The minimum Gasteiger partial charge on any atom is -0.341 e. The van der Waals surface area contributed by atoms with E-state index in [-0.39, 0.29) is 13.0 Å². The van der Waals surface area contributed by atoms with Crippen molar-refractivity contribution in [2.45, 2.75) is 25.8 Å². The van der Waals surface area contributed by atoms with E-state index in [0.29, 0.717) is 17.1 Å². The maximum atomic E-state index is 12.6. The number of aromatic nitrogens is 2. The minimum absolute atomic E-state index is 0.132. The van der Waals surface area contributed by atoms with Gasteiger partial charge in [0, 0.05) is 18.5 Å². The fourth-order valence-electron chi connectivity index (χ4n) is 2.50. The Morgan fingerprint density at radius 1 is 1.38 bits per heavy atom. The number of aryl methyl sites for hydroxylation is 2. The maximum absolute atomic E-state index is 12.6. The molecule has 2 rings (SSSR count). The molecule has 136 valence electrons. The van der Waals surface area contributed by atoms with Gasteiger partial charge in [0.1, 0.15) is 18.3 Å². The van der Waals surface area contributed by atoms with Crippen LogP contribution in [0.15, 0.2) is 30.3 Å². The van der Waals surface area contributed by atoms with Gasteiger partial charge in [0.05, 0.1) is 11.8 Å². The second-order valence-electron chi connectivity index (χ2n) is 5.73. The molecule has 0 radical (unpaired) electrons. The third-order valence-electron chi connectivity index (χ3n) is 3.82. The van der Waals surface area contributed by atoms with Crippen molar-refractivity contribution in [3.05, 3.63) is 52.3 Å². The van der Waals surface area contributed by atoms with Gasteiger partial charge in [-0.2, -0.15) is 10.4 Å². The monoisotopic (exact) mass is 373 g/mol. The molecule has 0 saturated carbocycles. The van der Waals surface area contributed by atoms with Crippen molar-refractivity contribution in [3.63, 3.8) is 0 Å². The smallest absolute Gasteiger partial charge is 0.270 e. The molecular weight excluding hydrogens is 354 g/mol. The first-order valence-electron chi connectivity index (χ1n) is 8.17. The lowest BCUT2D eigenvalue weighted by atomic mass is 10.0. The molecule has 1 atom stereocenters. The van der Waals surface area contributed by atoms with E-state index in [1.54, 1.807) is 31.3 Å². The van der Waals surface area contributed by atoms with Crippen molar-refractivity contribution >= 4 is 23.4 Å². The van der Waals surface area contributed by atoms with Gasteiger partial charge < -0.3 is 10.6 Å². The molecule has 0 saturated heterocycles. The normalized spacial score (nSPS) is 11.5. The van der Waals surface area contributed by atoms with Crippen LogP contribution in [0.25, 0.3) is 0 Å². The minimum atomic E-state index is -0.839. The quantitative estimate of drug-likeness (QED) is 0.720. The van der Waals surface area contributed by atoms with E-state index >= 15 is 0 Å². The van der Waals surface area contributed by atoms with Crippen LogP contribution in [0.2, 0.25) is 5.02 Å². The SMILES string of the molecule is CCc1cc(C(=O)N[C@@H](Cc2cccc(Cl)c2)C(=O)NCC#N)n(C)n1. The van der Waals surface area contributed by atoms with Crippen LogP contribution < -0.4 is 10.6 Å². The lowest BCUT2D eigenvalue weighted by Gasteiger charge is -2.18. The van der Waals surface area contributed by atoms with Gasteiger partial charge in [0.2, 0.25) is 5.91 Å². The molecule has 2 amide bonds. The molecule has 0 fully saturated rings. The number of nitrogens with zero attached hydrogens (tertiary/aromatic N) is 3. The summed E-state index contributed by atoms with van der Waals surface area (Å²) in [6.45, 7) is 1.81. The molecule has 0 bridgehead atoms. The summed E-state index contributed by atoms with van der Waals surface area (Å²) < 4.78 is 1.48. The molecule has 0 aliphatic carbocycles. The number of rotatable bonds is 7. The van der Waals surface area contributed by atoms with Crippen LogP contribution in [0.5, 0.6) is 0 Å². The Morgan fingerprint density at radius 3 is 2.77 bits per heavy atom. The van der Waals surface area contributed by atoms with Crippen molar-refractivity contribution in [2.75, 3.05) is 6.54 Å². The molecule has 1 aromatic heterocycles. The van der Waals surface area contributed by atoms with Crippen molar-refractivity contribution in [3.8, 4) is 6.07 Å². The zero-order valence-electron chi connectivity index (χ0n) is 14.6. The third kappa shape index (κ3) is 5.07. The van der Waals surface area contributed by atoms with Gasteiger partial charge in [-0.25, -0.2) is 0 Å². The van der Waals surface area contributed by atoms with Crippen LogP contribution in [0.3, 0.4) is 0 Å². The first-order valence-corrected chi connectivity index (χ1v) is 8.55. The molecule has 1 heterocycles. The summed E-state index contributed by atoms with van der Waals surface area (Å²) in [5, 5.41) is 18.7. The topological polar surface area (TPSA) is 99.8 Å². The van der Waals surface area contributed by atoms with E-state index in [9.17, 15) is 9.59 Å². The Bertz CT molecular complexity index is 840. The third-order valence-corrected chi connectivity index (χ3v) is 4.05. The van der Waals surface area contributed by atoms with Gasteiger partial charge in [0.25, 0.3) is 5.91 Å². The van der Waals surface area contributed by atoms with E-state index in [0.717, 1.165) is 11.3 Å². The summed E-state index contributed by atoms with van der Waals surface area (Å²) in [5.41, 5.74) is 1.96. The molecular formula is C18H20ClN5O2. The maximum Gasteiger partial charge on any atom is 0.270 e. The molecule has 0 spiro atoms. The van der Waals surface area contributed by atoms with E-state index in [1.807, 2.05) is 19.1 Å². The average molecular weight is 374 g/mol. The Morgan fingerprint density at radius 2 is 2.15 bits per heavy atom. The first-order chi connectivity index (χ1) is 12.4. The predicted octanol–water partition coefficient (Wildman–Crippen LogP) is 1.62. The average Bonchev–Trinajstić information content (AvgIpc) is 3.00. The highest BCUT2D eigenvalue weighted by Crippen LogP contribution is 2.13. The van der Waals surface area contributed by atoms with Crippen molar-refractivity contribution in [1.29, 1.82) is 5.26 Å². The van der Waals surface area contributed by atoms with Crippen molar-refractivity contribution in [1.82, 2.24) is 20.4 Å². The number of carbonyl (C=O) groups is 2. The number of hydrogen-bond donors (Lipinski definition) is 2. The fraction of sp³-hybridized carbons (Fsp3) is 0.333. The van der Waals surface area contributed by atoms with Crippen LogP contribution in [0, 0.1) is 11.3 Å². The molecule has 2 N–H and O–H groups in total. The standard InChI is InChI=1S/C18H20ClN5O2/c1-3-14-11-16(24(2)23-14)18(26)22-15(17(25)21-8-7-20)10-12-5-4-6-13(19)9-12/h4-6,9,11,15H,3,8,10H2,1-2H3,(H,21,25)(H,22,26)/t15-/m0/s1. The van der Waals surface area contributed by atoms with Crippen molar-refractivity contribution < 1.29 is 9.59 Å². The Labute approximate surface area is 156 Å². The second-order valence-corrected chi connectivity index (χ2v) is 6.17. The van der Waals surface area contributed by atoms with Gasteiger partial charge in [-0.1, -0.05) is 30.7 Å². The summed E-state index contributed by atoms with van der Waals surface area (Å²) in [6, 6.07) is 9.77. The summed E-state index contributed by atoms with van der Waals surface area (Å²) in [5.74, 6) is -0.836. The van der Waals surface area contributed by atoms with Crippen LogP contribution >= 0.6 is 11.6 Å². The number of nitrogens with one attached hydrogen (secondary N) is 2. The lowest BCUT2D eigenvalue weighted by molar-refractivity contribution is -0.122. The molecule has 8 heteroatoms. The van der Waals surface area contributed by atoms with Crippen LogP contribution in [0.4, 0.5) is 0 Å². The summed E-state index contributed by atoms with van der Waals surface area (Å²) in [4.78, 5) is 25.0. The molecule has 0 aliphatic rings. The number of benzene rings is 1. The van der Waals surface area contributed by atoms with Gasteiger partial charge >= 0.3 is 0 Å². The number of nitriles is 1. The number of halogens is 1. The Balaban J connectivity index is 2.19. The van der Waals surface area contributed by atoms with Gasteiger partial charge in [-0.15, -0.1) is 0 Å². The van der Waals surface area contributed by atoms with E-state index in [4.69, 9.17) is 16.9 Å². The van der Waals surface area contributed by atoms with Gasteiger partial charge in [0.15, 0.2) is 0 Å². The zero-order chi connectivity index (χ0) is 19.1. The summed E-state index contributed by atoms with van der Waals surface area (Å²) in [6.07, 6.45) is 0.956. The molecule has 26 heavy (non-hydrogen) atoms. The highest BCUT2D eigenvalue weighted by Gasteiger charge is 2.23. The number of amides is 2. The highest BCUT2D eigenvalue weighted by atomic mass is 35.5. The molecule has 7 nitrogen and oxygen atoms in total. The van der Waals surface area contributed by atoms with E-state index in [1.165, 1.54) is 4.68 Å². The van der Waals surface area contributed by atoms with E-state index < -0.39 is 17.9 Å². The fourth-order valence-corrected chi connectivity index (χ4v) is 2.72. The molecule has 2 aromatic rings. The predicted molar refractivity (Wildman–Crippen MR) is 97.6 cm³/mol.